The molecule has 0 aliphatic heterocycles. The standard InChI is InChI=1S/C17H19ClFNO/c1-4-17(2,3)11-5-7-12(8-6-11)21-16-9-13(18)14(19)10-15(16)20/h5-10H,4,20H2,1-3H3. The third-order valence-corrected chi connectivity index (χ3v) is 4.09. The summed E-state index contributed by atoms with van der Waals surface area (Å²) in [5.74, 6) is 0.436. The molecule has 0 aromatic heterocycles. The number of rotatable bonds is 4. The van der Waals surface area contributed by atoms with E-state index in [1.165, 1.54) is 11.6 Å². The number of ether oxygens (including phenoxy) is 1. The highest BCUT2D eigenvalue weighted by Crippen LogP contribution is 2.33. The van der Waals surface area contributed by atoms with Crippen molar-refractivity contribution in [2.24, 2.45) is 0 Å². The predicted molar refractivity (Wildman–Crippen MR) is 85.7 cm³/mol. The molecular formula is C17H19ClFNO. The van der Waals surface area contributed by atoms with Gasteiger partial charge >= 0.3 is 0 Å². The van der Waals surface area contributed by atoms with Gasteiger partial charge in [0, 0.05) is 12.1 Å². The lowest BCUT2D eigenvalue weighted by Crippen LogP contribution is -2.14. The molecule has 2 aromatic carbocycles. The summed E-state index contributed by atoms with van der Waals surface area (Å²) in [6.45, 7) is 6.55. The number of hydrogen-bond acceptors (Lipinski definition) is 2. The van der Waals surface area contributed by atoms with Crippen molar-refractivity contribution in [3.05, 3.63) is 52.8 Å². The van der Waals surface area contributed by atoms with Crippen LogP contribution >= 0.6 is 11.6 Å². The summed E-state index contributed by atoms with van der Waals surface area (Å²) in [6.07, 6.45) is 1.05. The normalized spacial score (nSPS) is 11.5. The minimum absolute atomic E-state index is 0.0112. The molecule has 2 aromatic rings. The Balaban J connectivity index is 2.23. The van der Waals surface area contributed by atoms with Gasteiger partial charge in [-0.05, 0) is 29.5 Å². The fourth-order valence-corrected chi connectivity index (χ4v) is 2.09. The van der Waals surface area contributed by atoms with E-state index < -0.39 is 5.82 Å². The Hall–Kier alpha value is -1.74. The minimum Gasteiger partial charge on any atom is -0.455 e. The molecule has 0 aliphatic rings. The highest BCUT2D eigenvalue weighted by Gasteiger charge is 2.17. The Morgan fingerprint density at radius 1 is 1.19 bits per heavy atom. The lowest BCUT2D eigenvalue weighted by Gasteiger charge is -2.23. The van der Waals surface area contributed by atoms with Gasteiger partial charge in [-0.25, -0.2) is 4.39 Å². The molecule has 0 spiro atoms. The number of halogens is 2. The van der Waals surface area contributed by atoms with Gasteiger partial charge in [0.05, 0.1) is 10.7 Å². The van der Waals surface area contributed by atoms with Crippen molar-refractivity contribution in [1.29, 1.82) is 0 Å². The van der Waals surface area contributed by atoms with E-state index in [1.54, 1.807) is 0 Å². The monoisotopic (exact) mass is 307 g/mol. The van der Waals surface area contributed by atoms with Gasteiger partial charge < -0.3 is 10.5 Å². The van der Waals surface area contributed by atoms with Crippen LogP contribution in [-0.2, 0) is 5.41 Å². The SMILES string of the molecule is CCC(C)(C)c1ccc(Oc2cc(Cl)c(F)cc2N)cc1. The second-order valence-electron chi connectivity index (χ2n) is 5.67. The van der Waals surface area contributed by atoms with Crippen LogP contribution < -0.4 is 10.5 Å². The summed E-state index contributed by atoms with van der Waals surface area (Å²) in [7, 11) is 0. The topological polar surface area (TPSA) is 35.2 Å². The van der Waals surface area contributed by atoms with E-state index in [0.717, 1.165) is 12.5 Å². The number of anilines is 1. The quantitative estimate of drug-likeness (QED) is 0.752. The maximum atomic E-state index is 13.3. The molecule has 4 heteroatoms. The fourth-order valence-electron chi connectivity index (χ4n) is 1.94. The summed E-state index contributed by atoms with van der Waals surface area (Å²) in [5, 5.41) is -0.0112. The first-order valence-corrected chi connectivity index (χ1v) is 7.24. The number of nitrogen functional groups attached to an aromatic ring is 1. The van der Waals surface area contributed by atoms with Crippen LogP contribution in [0.4, 0.5) is 10.1 Å². The maximum absolute atomic E-state index is 13.3. The van der Waals surface area contributed by atoms with Gasteiger partial charge in [0.2, 0.25) is 0 Å². The molecule has 112 valence electrons. The fraction of sp³-hybridized carbons (Fsp3) is 0.294. The van der Waals surface area contributed by atoms with Crippen LogP contribution in [0.3, 0.4) is 0 Å². The Labute approximate surface area is 129 Å². The van der Waals surface area contributed by atoms with Crippen LogP contribution in [-0.4, -0.2) is 0 Å². The molecule has 0 bridgehead atoms. The smallest absolute Gasteiger partial charge is 0.151 e. The van der Waals surface area contributed by atoms with Gasteiger partial charge in [0.1, 0.15) is 11.6 Å². The van der Waals surface area contributed by atoms with Crippen molar-refractivity contribution in [2.75, 3.05) is 5.73 Å². The van der Waals surface area contributed by atoms with Gasteiger partial charge in [0.25, 0.3) is 0 Å². The first-order chi connectivity index (χ1) is 9.83. The molecule has 0 unspecified atom stereocenters. The molecule has 2 rings (SSSR count). The number of nitrogens with two attached hydrogens (primary N) is 1. The van der Waals surface area contributed by atoms with Crippen molar-refractivity contribution in [1.82, 2.24) is 0 Å². The van der Waals surface area contributed by atoms with Crippen molar-refractivity contribution in [2.45, 2.75) is 32.6 Å². The Kier molecular flexibility index (Phi) is 4.43. The molecule has 0 aliphatic carbocycles. The zero-order valence-corrected chi connectivity index (χ0v) is 13.2. The minimum atomic E-state index is -0.554. The van der Waals surface area contributed by atoms with E-state index in [-0.39, 0.29) is 16.1 Å². The molecular weight excluding hydrogens is 289 g/mol. The van der Waals surface area contributed by atoms with Crippen LogP contribution in [0.5, 0.6) is 11.5 Å². The van der Waals surface area contributed by atoms with Crippen molar-refractivity contribution < 1.29 is 9.13 Å². The van der Waals surface area contributed by atoms with Crippen molar-refractivity contribution >= 4 is 17.3 Å². The highest BCUT2D eigenvalue weighted by molar-refractivity contribution is 6.31. The second kappa shape index (κ2) is 5.94. The number of hydrogen-bond donors (Lipinski definition) is 1. The molecule has 2 N–H and O–H groups in total. The average Bonchev–Trinajstić information content (AvgIpc) is 2.45. The Morgan fingerprint density at radius 2 is 1.81 bits per heavy atom. The molecule has 0 saturated carbocycles. The molecule has 0 atom stereocenters. The average molecular weight is 308 g/mol. The van der Waals surface area contributed by atoms with Crippen molar-refractivity contribution in [3.63, 3.8) is 0 Å². The zero-order chi connectivity index (χ0) is 15.6. The summed E-state index contributed by atoms with van der Waals surface area (Å²) in [5.41, 5.74) is 7.31. The van der Waals surface area contributed by atoms with E-state index in [1.807, 2.05) is 24.3 Å². The van der Waals surface area contributed by atoms with Gasteiger partial charge in [-0.2, -0.15) is 0 Å². The van der Waals surface area contributed by atoms with E-state index in [9.17, 15) is 4.39 Å². The first kappa shape index (κ1) is 15.6. The Bertz CT molecular complexity index is 638. The molecule has 0 radical (unpaired) electrons. The summed E-state index contributed by atoms with van der Waals surface area (Å²) in [6, 6.07) is 10.4. The molecule has 21 heavy (non-hydrogen) atoms. The zero-order valence-electron chi connectivity index (χ0n) is 12.4. The van der Waals surface area contributed by atoms with Gasteiger partial charge in [-0.3, -0.25) is 0 Å². The number of benzene rings is 2. The molecule has 2 nitrogen and oxygen atoms in total. The largest absolute Gasteiger partial charge is 0.455 e. The molecule has 0 heterocycles. The van der Waals surface area contributed by atoms with Crippen molar-refractivity contribution in [3.8, 4) is 11.5 Å². The summed E-state index contributed by atoms with van der Waals surface area (Å²) < 4.78 is 18.9. The van der Waals surface area contributed by atoms with E-state index in [0.29, 0.717) is 11.5 Å². The van der Waals surface area contributed by atoms with Crippen LogP contribution in [0.2, 0.25) is 5.02 Å². The lowest BCUT2D eigenvalue weighted by atomic mass is 9.82. The maximum Gasteiger partial charge on any atom is 0.151 e. The lowest BCUT2D eigenvalue weighted by molar-refractivity contribution is 0.478. The highest BCUT2D eigenvalue weighted by atomic mass is 35.5. The third kappa shape index (κ3) is 3.48. The van der Waals surface area contributed by atoms with Crippen LogP contribution in [0.15, 0.2) is 36.4 Å². The molecule has 0 saturated heterocycles. The second-order valence-corrected chi connectivity index (χ2v) is 6.08. The van der Waals surface area contributed by atoms with Gasteiger partial charge in [-0.1, -0.05) is 44.5 Å². The Morgan fingerprint density at radius 3 is 2.38 bits per heavy atom. The first-order valence-electron chi connectivity index (χ1n) is 6.86. The van der Waals surface area contributed by atoms with E-state index in [4.69, 9.17) is 22.1 Å². The van der Waals surface area contributed by atoms with Gasteiger partial charge in [0.15, 0.2) is 5.75 Å². The van der Waals surface area contributed by atoms with E-state index >= 15 is 0 Å². The van der Waals surface area contributed by atoms with Crippen LogP contribution in [0.25, 0.3) is 0 Å². The summed E-state index contributed by atoms with van der Waals surface area (Å²) >= 11 is 5.75. The summed E-state index contributed by atoms with van der Waals surface area (Å²) in [4.78, 5) is 0. The van der Waals surface area contributed by atoms with E-state index in [2.05, 4.69) is 20.8 Å². The third-order valence-electron chi connectivity index (χ3n) is 3.80. The molecule has 0 amide bonds. The van der Waals surface area contributed by atoms with Crippen LogP contribution in [0.1, 0.15) is 32.8 Å². The van der Waals surface area contributed by atoms with Gasteiger partial charge in [-0.15, -0.1) is 0 Å². The molecule has 0 fully saturated rings. The van der Waals surface area contributed by atoms with Crippen LogP contribution in [0, 0.1) is 5.82 Å². The predicted octanol–water partition coefficient (Wildman–Crippen LogP) is 5.54.